The van der Waals surface area contributed by atoms with Gasteiger partial charge < -0.3 is 14.5 Å². The zero-order chi connectivity index (χ0) is 21.0. The molecule has 1 saturated heterocycles. The number of piperazine rings is 1. The molecular weight excluding hydrogens is 388 g/mol. The Bertz CT molecular complexity index is 861. The molecule has 1 aromatic heterocycles. The lowest BCUT2D eigenvalue weighted by Crippen LogP contribution is -2.51. The fraction of sp³-hybridized carbons (Fsp3) is 0.409. The van der Waals surface area contributed by atoms with E-state index in [0.717, 1.165) is 5.56 Å². The molecule has 2 aromatic rings. The summed E-state index contributed by atoms with van der Waals surface area (Å²) < 4.78 is 5.19. The average molecular weight is 415 g/mol. The van der Waals surface area contributed by atoms with E-state index in [4.69, 9.17) is 4.74 Å². The van der Waals surface area contributed by atoms with Crippen LogP contribution in [0.4, 0.5) is 0 Å². The maximum absolute atomic E-state index is 12.4. The highest BCUT2D eigenvalue weighted by Crippen LogP contribution is 2.22. The molecule has 0 bridgehead atoms. The Kier molecular flexibility index (Phi) is 6.37. The Balaban J connectivity index is 1.46. The van der Waals surface area contributed by atoms with Gasteiger partial charge in [-0.05, 0) is 34.6 Å². The molecule has 29 heavy (non-hydrogen) atoms. The molecule has 2 amide bonds. The van der Waals surface area contributed by atoms with Crippen molar-refractivity contribution in [3.63, 3.8) is 0 Å². The van der Waals surface area contributed by atoms with Crippen LogP contribution in [0.25, 0.3) is 0 Å². The number of esters is 1. The van der Waals surface area contributed by atoms with E-state index in [-0.39, 0.29) is 23.8 Å². The van der Waals surface area contributed by atoms with Gasteiger partial charge in [-0.15, -0.1) is 11.3 Å². The molecule has 6 nitrogen and oxygen atoms in total. The molecule has 154 valence electrons. The molecule has 0 N–H and O–H groups in total. The second-order valence-corrected chi connectivity index (χ2v) is 9.00. The molecule has 0 unspecified atom stereocenters. The van der Waals surface area contributed by atoms with E-state index in [1.54, 1.807) is 28.0 Å². The van der Waals surface area contributed by atoms with Crippen LogP contribution in [0, 0.1) is 0 Å². The Morgan fingerprint density at radius 3 is 2.14 bits per heavy atom. The molecule has 2 heterocycles. The monoisotopic (exact) mass is 414 g/mol. The van der Waals surface area contributed by atoms with Crippen molar-refractivity contribution in [3.05, 3.63) is 57.8 Å². The van der Waals surface area contributed by atoms with Gasteiger partial charge in [-0.3, -0.25) is 9.59 Å². The average Bonchev–Trinajstić information content (AvgIpc) is 3.25. The zero-order valence-corrected chi connectivity index (χ0v) is 17.8. The Hall–Kier alpha value is -2.67. The summed E-state index contributed by atoms with van der Waals surface area (Å²) in [6, 6.07) is 10.9. The summed E-state index contributed by atoms with van der Waals surface area (Å²) in [5, 5.41) is 1.87. The minimum atomic E-state index is -0.509. The fourth-order valence-corrected chi connectivity index (χ4v) is 3.81. The summed E-state index contributed by atoms with van der Waals surface area (Å²) in [7, 11) is 0. The highest BCUT2D eigenvalue weighted by atomic mass is 32.1. The van der Waals surface area contributed by atoms with Crippen LogP contribution in [0.2, 0.25) is 0 Å². The van der Waals surface area contributed by atoms with Crippen LogP contribution in [-0.4, -0.2) is 60.4 Å². The first kappa shape index (κ1) is 21.0. The Morgan fingerprint density at radius 2 is 1.59 bits per heavy atom. The van der Waals surface area contributed by atoms with Crippen LogP contribution >= 0.6 is 11.3 Å². The molecule has 1 fully saturated rings. The lowest BCUT2D eigenvalue weighted by molar-refractivity contribution is -0.136. The molecular formula is C22H26N2O4S. The molecule has 7 heteroatoms. The van der Waals surface area contributed by atoms with Gasteiger partial charge in [-0.1, -0.05) is 39.0 Å². The molecule has 0 saturated carbocycles. The van der Waals surface area contributed by atoms with Gasteiger partial charge in [0.1, 0.15) is 0 Å². The standard InChI is InChI=1S/C22H26N2O4S/c1-22(2,3)17-8-6-16(7-9-17)21(27)28-15-19(25)23-10-12-24(13-11-23)20(26)18-5-4-14-29-18/h4-9,14H,10-13,15H2,1-3H3. The summed E-state index contributed by atoms with van der Waals surface area (Å²) >= 11 is 1.41. The van der Waals surface area contributed by atoms with Crippen LogP contribution in [0.15, 0.2) is 41.8 Å². The molecule has 0 spiro atoms. The van der Waals surface area contributed by atoms with E-state index >= 15 is 0 Å². The number of hydrogen-bond acceptors (Lipinski definition) is 5. The summed E-state index contributed by atoms with van der Waals surface area (Å²) in [6.45, 7) is 7.85. The molecule has 1 aliphatic rings. The number of hydrogen-bond donors (Lipinski definition) is 0. The molecule has 1 aliphatic heterocycles. The van der Waals surface area contributed by atoms with Crippen LogP contribution < -0.4 is 0 Å². The lowest BCUT2D eigenvalue weighted by Gasteiger charge is -2.34. The maximum atomic E-state index is 12.4. The van der Waals surface area contributed by atoms with E-state index < -0.39 is 5.97 Å². The second-order valence-electron chi connectivity index (χ2n) is 8.05. The third kappa shape index (κ3) is 5.23. The molecule has 0 radical (unpaired) electrons. The summed E-state index contributed by atoms with van der Waals surface area (Å²) in [6.07, 6.45) is 0. The van der Waals surface area contributed by atoms with Gasteiger partial charge in [0.05, 0.1) is 10.4 Å². The van der Waals surface area contributed by atoms with Gasteiger partial charge >= 0.3 is 5.97 Å². The van der Waals surface area contributed by atoms with Crippen LogP contribution in [0.1, 0.15) is 46.4 Å². The zero-order valence-electron chi connectivity index (χ0n) is 17.0. The number of thiophene rings is 1. The highest BCUT2D eigenvalue weighted by molar-refractivity contribution is 7.12. The van der Waals surface area contributed by atoms with E-state index in [9.17, 15) is 14.4 Å². The van der Waals surface area contributed by atoms with Crippen LogP contribution in [-0.2, 0) is 14.9 Å². The first-order valence-electron chi connectivity index (χ1n) is 9.64. The van der Waals surface area contributed by atoms with Gasteiger partial charge in [0.15, 0.2) is 6.61 Å². The third-order valence-electron chi connectivity index (χ3n) is 4.96. The van der Waals surface area contributed by atoms with Gasteiger partial charge in [-0.25, -0.2) is 4.79 Å². The Morgan fingerprint density at radius 1 is 0.966 bits per heavy atom. The van der Waals surface area contributed by atoms with Crippen molar-refractivity contribution in [2.24, 2.45) is 0 Å². The molecule has 3 rings (SSSR count). The SMILES string of the molecule is CC(C)(C)c1ccc(C(=O)OCC(=O)N2CCN(C(=O)c3cccs3)CC2)cc1. The van der Waals surface area contributed by atoms with Crippen molar-refractivity contribution in [2.45, 2.75) is 26.2 Å². The number of nitrogens with zero attached hydrogens (tertiary/aromatic N) is 2. The summed E-state index contributed by atoms with van der Waals surface area (Å²) in [5.74, 6) is -0.754. The summed E-state index contributed by atoms with van der Waals surface area (Å²) in [4.78, 5) is 41.0. The number of carbonyl (C=O) groups is 3. The molecule has 0 aliphatic carbocycles. The van der Waals surface area contributed by atoms with Gasteiger partial charge in [0, 0.05) is 26.2 Å². The topological polar surface area (TPSA) is 66.9 Å². The van der Waals surface area contributed by atoms with Crippen molar-refractivity contribution < 1.29 is 19.1 Å². The van der Waals surface area contributed by atoms with Crippen molar-refractivity contribution in [2.75, 3.05) is 32.8 Å². The fourth-order valence-electron chi connectivity index (χ4n) is 3.12. The van der Waals surface area contributed by atoms with Crippen molar-refractivity contribution >= 4 is 29.1 Å². The van der Waals surface area contributed by atoms with Crippen LogP contribution in [0.5, 0.6) is 0 Å². The Labute approximate surface area is 175 Å². The largest absolute Gasteiger partial charge is 0.452 e. The maximum Gasteiger partial charge on any atom is 0.338 e. The minimum Gasteiger partial charge on any atom is -0.452 e. The number of benzene rings is 1. The minimum absolute atomic E-state index is 0.00256. The molecule has 0 atom stereocenters. The van der Waals surface area contributed by atoms with Gasteiger partial charge in [0.2, 0.25) is 0 Å². The van der Waals surface area contributed by atoms with E-state index in [1.807, 2.05) is 23.6 Å². The first-order valence-corrected chi connectivity index (χ1v) is 10.5. The molecule has 1 aromatic carbocycles. The quantitative estimate of drug-likeness (QED) is 0.721. The van der Waals surface area contributed by atoms with Crippen molar-refractivity contribution in [3.8, 4) is 0 Å². The van der Waals surface area contributed by atoms with Gasteiger partial charge in [-0.2, -0.15) is 0 Å². The van der Waals surface area contributed by atoms with Crippen molar-refractivity contribution in [1.29, 1.82) is 0 Å². The highest BCUT2D eigenvalue weighted by Gasteiger charge is 2.26. The summed E-state index contributed by atoms with van der Waals surface area (Å²) in [5.41, 5.74) is 1.56. The van der Waals surface area contributed by atoms with E-state index in [1.165, 1.54) is 11.3 Å². The van der Waals surface area contributed by atoms with E-state index in [2.05, 4.69) is 20.8 Å². The third-order valence-corrected chi connectivity index (χ3v) is 5.82. The predicted octanol–water partition coefficient (Wildman–Crippen LogP) is 3.19. The number of ether oxygens (including phenoxy) is 1. The number of rotatable bonds is 4. The van der Waals surface area contributed by atoms with E-state index in [0.29, 0.717) is 36.6 Å². The predicted molar refractivity (Wildman–Crippen MR) is 112 cm³/mol. The first-order chi connectivity index (χ1) is 13.8. The van der Waals surface area contributed by atoms with Crippen molar-refractivity contribution in [1.82, 2.24) is 9.80 Å². The smallest absolute Gasteiger partial charge is 0.338 e. The van der Waals surface area contributed by atoms with Gasteiger partial charge in [0.25, 0.3) is 11.8 Å². The number of amides is 2. The van der Waals surface area contributed by atoms with Crippen LogP contribution in [0.3, 0.4) is 0 Å². The lowest BCUT2D eigenvalue weighted by atomic mass is 9.87. The second kappa shape index (κ2) is 8.78. The normalized spacial score (nSPS) is 14.6. The number of carbonyl (C=O) groups excluding carboxylic acids is 3.